The maximum absolute atomic E-state index is 12.2. The molecular formula is C15H21N3O4S. The van der Waals surface area contributed by atoms with Crippen molar-refractivity contribution in [3.63, 3.8) is 0 Å². The highest BCUT2D eigenvalue weighted by atomic mass is 32.1. The van der Waals surface area contributed by atoms with Crippen molar-refractivity contribution < 1.29 is 19.5 Å². The van der Waals surface area contributed by atoms with Crippen LogP contribution in [0.5, 0.6) is 0 Å². The van der Waals surface area contributed by atoms with Crippen LogP contribution in [0.4, 0.5) is 0 Å². The first-order valence-corrected chi connectivity index (χ1v) is 8.53. The predicted molar refractivity (Wildman–Crippen MR) is 85.0 cm³/mol. The van der Waals surface area contributed by atoms with Crippen molar-refractivity contribution in [2.45, 2.75) is 25.7 Å². The van der Waals surface area contributed by atoms with Crippen LogP contribution in [0.25, 0.3) is 0 Å². The number of nitrogens with zero attached hydrogens (tertiary/aromatic N) is 3. The van der Waals surface area contributed by atoms with Gasteiger partial charge in [0.05, 0.1) is 23.7 Å². The van der Waals surface area contributed by atoms with Crippen molar-refractivity contribution in [3.05, 3.63) is 16.6 Å². The van der Waals surface area contributed by atoms with Gasteiger partial charge in [-0.15, -0.1) is 11.3 Å². The van der Waals surface area contributed by atoms with Crippen molar-refractivity contribution in [2.24, 2.45) is 5.92 Å². The van der Waals surface area contributed by atoms with Crippen LogP contribution in [0.3, 0.4) is 0 Å². The third-order valence-electron chi connectivity index (χ3n) is 4.00. The first kappa shape index (κ1) is 17.4. The maximum atomic E-state index is 12.2. The summed E-state index contributed by atoms with van der Waals surface area (Å²) in [6, 6.07) is 0. The normalized spacial score (nSPS) is 17.8. The van der Waals surface area contributed by atoms with Crippen molar-refractivity contribution in [2.75, 3.05) is 26.7 Å². The minimum atomic E-state index is -0.866. The Kier molecular flexibility index (Phi) is 6.09. The van der Waals surface area contributed by atoms with E-state index < -0.39 is 11.9 Å². The van der Waals surface area contributed by atoms with Gasteiger partial charge in [0.15, 0.2) is 0 Å². The summed E-state index contributed by atoms with van der Waals surface area (Å²) in [5, 5.41) is 11.0. The quantitative estimate of drug-likeness (QED) is 0.830. The van der Waals surface area contributed by atoms with Crippen molar-refractivity contribution in [3.8, 4) is 0 Å². The molecule has 0 bridgehead atoms. The third-order valence-corrected chi connectivity index (χ3v) is 4.64. The molecule has 8 heteroatoms. The SMILES string of the molecule is CN(CC(=O)N1CCCC(C(=O)O)C1)C(=O)CCc1cscn1. The lowest BCUT2D eigenvalue weighted by molar-refractivity contribution is -0.147. The third kappa shape index (κ3) is 5.02. The van der Waals surface area contributed by atoms with E-state index in [1.54, 1.807) is 17.5 Å². The highest BCUT2D eigenvalue weighted by Crippen LogP contribution is 2.17. The van der Waals surface area contributed by atoms with Gasteiger partial charge in [-0.3, -0.25) is 14.4 Å². The molecule has 2 amide bonds. The molecule has 2 rings (SSSR count). The Labute approximate surface area is 138 Å². The Hall–Kier alpha value is -1.96. The molecule has 0 saturated carbocycles. The summed E-state index contributed by atoms with van der Waals surface area (Å²) >= 11 is 1.49. The molecule has 1 aromatic heterocycles. The van der Waals surface area contributed by atoms with Gasteiger partial charge in [-0.1, -0.05) is 0 Å². The Morgan fingerprint density at radius 2 is 2.26 bits per heavy atom. The Morgan fingerprint density at radius 3 is 2.91 bits per heavy atom. The number of aromatic nitrogens is 1. The first-order valence-electron chi connectivity index (χ1n) is 7.59. The number of hydrogen-bond donors (Lipinski definition) is 1. The molecule has 0 aliphatic carbocycles. The number of carboxylic acid groups (broad SMARTS) is 1. The van der Waals surface area contributed by atoms with Gasteiger partial charge in [-0.25, -0.2) is 4.98 Å². The number of aliphatic carboxylic acids is 1. The highest BCUT2D eigenvalue weighted by molar-refractivity contribution is 7.07. The van der Waals surface area contributed by atoms with Crippen LogP contribution in [-0.2, 0) is 20.8 Å². The van der Waals surface area contributed by atoms with E-state index in [4.69, 9.17) is 5.11 Å². The Bertz CT molecular complexity index is 561. The second-order valence-corrected chi connectivity index (χ2v) is 6.47. The molecule has 23 heavy (non-hydrogen) atoms. The van der Waals surface area contributed by atoms with Crippen LogP contribution >= 0.6 is 11.3 Å². The zero-order valence-electron chi connectivity index (χ0n) is 13.1. The number of carbonyl (C=O) groups excluding carboxylic acids is 2. The lowest BCUT2D eigenvalue weighted by atomic mass is 9.98. The predicted octanol–water partition coefficient (Wildman–Crippen LogP) is 0.857. The zero-order chi connectivity index (χ0) is 16.8. The number of thiazole rings is 1. The van der Waals surface area contributed by atoms with Gasteiger partial charge in [-0.2, -0.15) is 0 Å². The molecule has 0 spiro atoms. The summed E-state index contributed by atoms with van der Waals surface area (Å²) in [4.78, 5) is 42.4. The van der Waals surface area contributed by atoms with Gasteiger partial charge in [0, 0.05) is 31.9 Å². The number of amides is 2. The number of likely N-dealkylation sites (tertiary alicyclic amines) is 1. The highest BCUT2D eigenvalue weighted by Gasteiger charge is 2.28. The minimum Gasteiger partial charge on any atom is -0.481 e. The number of carbonyl (C=O) groups is 3. The lowest BCUT2D eigenvalue weighted by Crippen LogP contribution is -2.46. The molecule has 2 heterocycles. The van der Waals surface area contributed by atoms with Gasteiger partial charge in [0.25, 0.3) is 0 Å². The zero-order valence-corrected chi connectivity index (χ0v) is 13.9. The van der Waals surface area contributed by atoms with E-state index in [1.165, 1.54) is 16.2 Å². The van der Waals surface area contributed by atoms with Crippen molar-refractivity contribution >= 4 is 29.1 Å². The molecule has 0 aromatic carbocycles. The van der Waals surface area contributed by atoms with Crippen LogP contribution in [-0.4, -0.2) is 64.4 Å². The van der Waals surface area contributed by atoms with E-state index in [-0.39, 0.29) is 24.9 Å². The molecule has 1 unspecified atom stereocenters. The molecule has 1 atom stereocenters. The standard InChI is InChI=1S/C15H21N3O4S/c1-17(13(19)5-4-12-9-23-10-16-12)8-14(20)18-6-2-3-11(7-18)15(21)22/h9-11H,2-8H2,1H3,(H,21,22). The summed E-state index contributed by atoms with van der Waals surface area (Å²) in [7, 11) is 1.60. The first-order chi connectivity index (χ1) is 11.0. The molecule has 1 aromatic rings. The van der Waals surface area contributed by atoms with Crippen molar-refractivity contribution in [1.82, 2.24) is 14.8 Å². The second kappa shape index (κ2) is 8.05. The van der Waals surface area contributed by atoms with E-state index in [9.17, 15) is 14.4 Å². The van der Waals surface area contributed by atoms with Crippen LogP contribution in [0.2, 0.25) is 0 Å². The molecule has 1 saturated heterocycles. The minimum absolute atomic E-state index is 0.0117. The maximum Gasteiger partial charge on any atom is 0.308 e. The van der Waals surface area contributed by atoms with E-state index in [1.807, 2.05) is 5.38 Å². The average molecular weight is 339 g/mol. The van der Waals surface area contributed by atoms with Crippen LogP contribution in [0, 0.1) is 5.92 Å². The fraction of sp³-hybridized carbons (Fsp3) is 0.600. The Balaban J connectivity index is 1.79. The molecule has 1 aliphatic rings. The second-order valence-electron chi connectivity index (χ2n) is 5.75. The van der Waals surface area contributed by atoms with Crippen LogP contribution < -0.4 is 0 Å². The molecule has 1 N–H and O–H groups in total. The van der Waals surface area contributed by atoms with Crippen LogP contribution in [0.15, 0.2) is 10.9 Å². The van der Waals surface area contributed by atoms with E-state index in [2.05, 4.69) is 4.98 Å². The fourth-order valence-corrected chi connectivity index (χ4v) is 3.18. The molecule has 7 nitrogen and oxygen atoms in total. The van der Waals surface area contributed by atoms with Gasteiger partial charge < -0.3 is 14.9 Å². The average Bonchev–Trinajstić information content (AvgIpc) is 3.06. The molecule has 1 fully saturated rings. The molecule has 126 valence electrons. The lowest BCUT2D eigenvalue weighted by Gasteiger charge is -2.32. The number of carboxylic acids is 1. The van der Waals surface area contributed by atoms with Gasteiger partial charge in [0.2, 0.25) is 11.8 Å². The van der Waals surface area contributed by atoms with Gasteiger partial charge >= 0.3 is 5.97 Å². The van der Waals surface area contributed by atoms with E-state index in [0.29, 0.717) is 32.2 Å². The topological polar surface area (TPSA) is 90.8 Å². The number of aryl methyl sites for hydroxylation is 1. The number of rotatable bonds is 6. The summed E-state index contributed by atoms with van der Waals surface area (Å²) in [5.74, 6) is -1.67. The van der Waals surface area contributed by atoms with E-state index in [0.717, 1.165) is 5.69 Å². The smallest absolute Gasteiger partial charge is 0.308 e. The van der Waals surface area contributed by atoms with Gasteiger partial charge in [-0.05, 0) is 19.3 Å². The molecular weight excluding hydrogens is 318 g/mol. The molecule has 0 radical (unpaired) electrons. The summed E-state index contributed by atoms with van der Waals surface area (Å²) in [6.07, 6.45) is 2.16. The van der Waals surface area contributed by atoms with Gasteiger partial charge in [0.1, 0.15) is 0 Å². The number of likely N-dealkylation sites (N-methyl/N-ethyl adjacent to an activating group) is 1. The largest absolute Gasteiger partial charge is 0.481 e. The monoisotopic (exact) mass is 339 g/mol. The Morgan fingerprint density at radius 1 is 1.48 bits per heavy atom. The molecule has 1 aliphatic heterocycles. The van der Waals surface area contributed by atoms with Crippen LogP contribution in [0.1, 0.15) is 25.0 Å². The van der Waals surface area contributed by atoms with Crippen molar-refractivity contribution in [1.29, 1.82) is 0 Å². The number of hydrogen-bond acceptors (Lipinski definition) is 5. The summed E-state index contributed by atoms with van der Waals surface area (Å²) in [5.41, 5.74) is 2.60. The fourth-order valence-electron chi connectivity index (χ4n) is 2.58. The number of piperidine rings is 1. The summed E-state index contributed by atoms with van der Waals surface area (Å²) in [6.45, 7) is 0.778. The van der Waals surface area contributed by atoms with E-state index >= 15 is 0 Å². The summed E-state index contributed by atoms with van der Waals surface area (Å²) < 4.78 is 0.